The van der Waals surface area contributed by atoms with Gasteiger partial charge in [0, 0.05) is 6.10 Å². The molecule has 1 aliphatic rings. The van der Waals surface area contributed by atoms with E-state index in [9.17, 15) is 0 Å². The summed E-state index contributed by atoms with van der Waals surface area (Å²) in [6, 6.07) is 31.6. The van der Waals surface area contributed by atoms with Gasteiger partial charge in [-0.15, -0.1) is 0 Å². The number of ether oxygens (including phenoxy) is 1. The molecule has 3 aromatic carbocycles. The van der Waals surface area contributed by atoms with Gasteiger partial charge in [0.25, 0.3) is 0 Å². The van der Waals surface area contributed by atoms with E-state index in [-0.39, 0.29) is 25.0 Å². The maximum absolute atomic E-state index is 7.10. The van der Waals surface area contributed by atoms with Gasteiger partial charge in [0.2, 0.25) is 0 Å². The van der Waals surface area contributed by atoms with Crippen LogP contribution in [0.4, 0.5) is 0 Å². The average molecular weight is 388 g/mol. The summed E-state index contributed by atoms with van der Waals surface area (Å²) < 4.78 is 7.10. The molecule has 1 nitrogen and oxygen atoms in total. The molecule has 0 aromatic heterocycles. The molecule has 1 atom stereocenters. The SMILES string of the molecule is [CH-]=CC(OC(c1ccccc1)(c1ccccc1)c1ccccc1)C1CCCCC1.[Li+]. The van der Waals surface area contributed by atoms with E-state index in [2.05, 4.69) is 91.0 Å². The van der Waals surface area contributed by atoms with Gasteiger partial charge in [-0.05, 0) is 35.4 Å². The van der Waals surface area contributed by atoms with E-state index in [0.717, 1.165) is 16.7 Å². The van der Waals surface area contributed by atoms with Crippen molar-refractivity contribution in [2.45, 2.75) is 43.8 Å². The summed E-state index contributed by atoms with van der Waals surface area (Å²) in [5.74, 6) is 0.462. The molecule has 0 amide bonds. The van der Waals surface area contributed by atoms with Crippen LogP contribution in [0.2, 0.25) is 0 Å². The molecule has 148 valence electrons. The smallest absolute Gasteiger partial charge is 0.515 e. The Balaban J connectivity index is 0.00000256. The van der Waals surface area contributed by atoms with Crippen LogP contribution in [0.5, 0.6) is 0 Å². The van der Waals surface area contributed by atoms with Gasteiger partial charge in [0.05, 0.1) is 0 Å². The molecule has 2 heteroatoms. The maximum Gasteiger partial charge on any atom is 1.00 e. The zero-order valence-corrected chi connectivity index (χ0v) is 17.9. The van der Waals surface area contributed by atoms with Gasteiger partial charge in [-0.25, -0.2) is 6.08 Å². The molecule has 0 saturated heterocycles. The van der Waals surface area contributed by atoms with Gasteiger partial charge >= 0.3 is 18.9 Å². The van der Waals surface area contributed by atoms with Gasteiger partial charge in [0.15, 0.2) is 0 Å². The first-order valence-electron chi connectivity index (χ1n) is 10.7. The summed E-state index contributed by atoms with van der Waals surface area (Å²) in [6.45, 7) is 6.20. The molecule has 3 aromatic rings. The molecule has 0 N–H and O–H groups in total. The fourth-order valence-corrected chi connectivity index (χ4v) is 4.68. The quantitative estimate of drug-likeness (QED) is 0.338. The predicted octanol–water partition coefficient (Wildman–Crippen LogP) is 3.94. The zero-order valence-electron chi connectivity index (χ0n) is 17.9. The van der Waals surface area contributed by atoms with Crippen LogP contribution in [0, 0.1) is 12.5 Å². The van der Waals surface area contributed by atoms with Gasteiger partial charge in [-0.3, -0.25) is 0 Å². The van der Waals surface area contributed by atoms with Crippen molar-refractivity contribution in [2.75, 3.05) is 0 Å². The third-order valence-corrected chi connectivity index (χ3v) is 6.16. The first-order chi connectivity index (χ1) is 14.3. The van der Waals surface area contributed by atoms with Crippen LogP contribution in [0.25, 0.3) is 0 Å². The van der Waals surface area contributed by atoms with Crippen LogP contribution in [0.1, 0.15) is 48.8 Å². The molecule has 1 fully saturated rings. The normalized spacial score (nSPS) is 15.7. The fraction of sp³-hybridized carbons (Fsp3) is 0.286. The van der Waals surface area contributed by atoms with E-state index in [1.54, 1.807) is 6.08 Å². The van der Waals surface area contributed by atoms with Crippen molar-refractivity contribution >= 4 is 0 Å². The van der Waals surface area contributed by atoms with Gasteiger partial charge in [-0.1, -0.05) is 110 Å². The minimum Gasteiger partial charge on any atom is -0.515 e. The van der Waals surface area contributed by atoms with Crippen LogP contribution < -0.4 is 18.9 Å². The largest absolute Gasteiger partial charge is 1.00 e. The summed E-state index contributed by atoms with van der Waals surface area (Å²) in [4.78, 5) is 0. The second-order valence-corrected chi connectivity index (χ2v) is 7.95. The second-order valence-electron chi connectivity index (χ2n) is 7.95. The first kappa shape index (κ1) is 22.6. The topological polar surface area (TPSA) is 9.23 Å². The maximum atomic E-state index is 7.10. The predicted molar refractivity (Wildman–Crippen MR) is 120 cm³/mol. The van der Waals surface area contributed by atoms with E-state index < -0.39 is 5.60 Å². The Morgan fingerprint density at radius 2 is 1.10 bits per heavy atom. The van der Waals surface area contributed by atoms with Crippen molar-refractivity contribution in [2.24, 2.45) is 5.92 Å². The van der Waals surface area contributed by atoms with Gasteiger partial charge < -0.3 is 11.3 Å². The van der Waals surface area contributed by atoms with Crippen LogP contribution >= 0.6 is 0 Å². The van der Waals surface area contributed by atoms with Crippen molar-refractivity contribution in [1.29, 1.82) is 0 Å². The molecule has 30 heavy (non-hydrogen) atoms. The third kappa shape index (κ3) is 4.65. The van der Waals surface area contributed by atoms with Gasteiger partial charge in [0.1, 0.15) is 5.60 Å². The van der Waals surface area contributed by atoms with Crippen LogP contribution in [0.3, 0.4) is 0 Å². The van der Waals surface area contributed by atoms with Crippen molar-refractivity contribution in [1.82, 2.24) is 0 Å². The Kier molecular flexibility index (Phi) is 8.17. The molecular formula is C28H29LiO. The molecule has 1 unspecified atom stereocenters. The second kappa shape index (κ2) is 10.8. The Morgan fingerprint density at radius 1 is 0.700 bits per heavy atom. The van der Waals surface area contributed by atoms with Crippen LogP contribution in [0.15, 0.2) is 97.1 Å². The summed E-state index contributed by atoms with van der Waals surface area (Å²) in [6.07, 6.45) is 7.85. The van der Waals surface area contributed by atoms with Crippen LogP contribution in [-0.4, -0.2) is 6.10 Å². The van der Waals surface area contributed by atoms with E-state index >= 15 is 0 Å². The molecule has 0 spiro atoms. The molecule has 1 saturated carbocycles. The molecule has 0 bridgehead atoms. The molecule has 0 aliphatic heterocycles. The van der Waals surface area contributed by atoms with E-state index in [0.29, 0.717) is 5.92 Å². The molecule has 0 heterocycles. The Labute approximate surface area is 193 Å². The van der Waals surface area contributed by atoms with Gasteiger partial charge in [-0.2, -0.15) is 0 Å². The van der Waals surface area contributed by atoms with Crippen molar-refractivity contribution in [3.8, 4) is 0 Å². The van der Waals surface area contributed by atoms with Crippen molar-refractivity contribution in [3.05, 3.63) is 120 Å². The summed E-state index contributed by atoms with van der Waals surface area (Å²) in [7, 11) is 0. The van der Waals surface area contributed by atoms with Crippen molar-refractivity contribution < 1.29 is 23.6 Å². The van der Waals surface area contributed by atoms with E-state index in [1.807, 2.05) is 0 Å². The molecule has 0 radical (unpaired) electrons. The number of benzene rings is 3. The third-order valence-electron chi connectivity index (χ3n) is 6.16. The standard InChI is InChI=1S/C28H29O.Li/c1-2-27(23-15-7-3-8-16-23)29-28(24-17-9-4-10-18-24,25-19-11-5-12-20-25)26-21-13-6-14-22-26;/h1-2,4-6,9-14,17-23,27H,3,7-8,15-16H2;/q-1;+1. The number of hydrogen-bond donors (Lipinski definition) is 0. The van der Waals surface area contributed by atoms with E-state index in [4.69, 9.17) is 11.3 Å². The summed E-state index contributed by atoms with van der Waals surface area (Å²) in [5.41, 5.74) is 2.67. The molecule has 4 rings (SSSR count). The number of hydrogen-bond acceptors (Lipinski definition) is 1. The average Bonchev–Trinajstić information content (AvgIpc) is 2.82. The first-order valence-corrected chi connectivity index (χ1v) is 10.7. The Morgan fingerprint density at radius 3 is 1.47 bits per heavy atom. The fourth-order valence-electron chi connectivity index (χ4n) is 4.68. The van der Waals surface area contributed by atoms with E-state index in [1.165, 1.54) is 32.1 Å². The molecular weight excluding hydrogens is 359 g/mol. The minimum absolute atomic E-state index is 0. The Bertz CT molecular complexity index is 789. The monoisotopic (exact) mass is 388 g/mol. The number of rotatable bonds is 7. The minimum atomic E-state index is -0.707. The van der Waals surface area contributed by atoms with Crippen molar-refractivity contribution in [3.63, 3.8) is 0 Å². The van der Waals surface area contributed by atoms with Crippen LogP contribution in [-0.2, 0) is 10.3 Å². The Hall–Kier alpha value is -2.04. The molecule has 1 aliphatic carbocycles. The zero-order chi connectivity index (χ0) is 19.9. The summed E-state index contributed by atoms with van der Waals surface area (Å²) >= 11 is 0. The summed E-state index contributed by atoms with van der Waals surface area (Å²) in [5, 5.41) is 0.